The van der Waals surface area contributed by atoms with E-state index >= 15 is 24.0 Å². The highest BCUT2D eigenvalue weighted by atomic mass is 28.4. The van der Waals surface area contributed by atoms with Gasteiger partial charge in [0, 0.05) is 55.9 Å². The van der Waals surface area contributed by atoms with Crippen LogP contribution in [0.2, 0.25) is 18.1 Å². The van der Waals surface area contributed by atoms with E-state index in [1.165, 1.54) is 97.5 Å². The van der Waals surface area contributed by atoms with Gasteiger partial charge < -0.3 is 65.1 Å². The number of likely N-dealkylation sites (N-methyl/N-ethyl adjacent to an activating group) is 7. The van der Waals surface area contributed by atoms with E-state index < -0.39 is 169 Å². The topological polar surface area (TPSA) is 288 Å². The molecule has 13 atom stereocenters. The zero-order valence-electron chi connectivity index (χ0n) is 62.6. The number of carbonyl (C=O) groups excluding carboxylic acids is 11. The van der Waals surface area contributed by atoms with Crippen molar-refractivity contribution in [2.75, 3.05) is 55.9 Å². The lowest BCUT2D eigenvalue weighted by Gasteiger charge is -2.46. The Balaban J connectivity index is 4.62. The Kier molecular flexibility index (Phi) is 33.9. The van der Waals surface area contributed by atoms with Gasteiger partial charge >= 0.3 is 0 Å². The first-order valence-electron chi connectivity index (χ1n) is 34.0. The number of hydrogen-bond donors (Lipinski definition) is 5. The lowest BCUT2D eigenvalue weighted by atomic mass is 9.91. The summed E-state index contributed by atoms with van der Waals surface area (Å²) in [5.41, 5.74) is 0. The van der Waals surface area contributed by atoms with Crippen LogP contribution in [-0.4, -0.2) is 241 Å². The predicted molar refractivity (Wildman–Crippen MR) is 366 cm³/mol. The van der Waals surface area contributed by atoms with Crippen molar-refractivity contribution in [3.8, 4) is 0 Å². The second-order valence-corrected chi connectivity index (χ2v) is 35.0. The first kappa shape index (κ1) is 85.3. The number of nitrogens with zero attached hydrogens (tertiary/aromatic N) is 7. The molecular formula is C68H127N11O13Si. The van der Waals surface area contributed by atoms with E-state index in [2.05, 4.69) is 21.3 Å². The van der Waals surface area contributed by atoms with Gasteiger partial charge in [-0.1, -0.05) is 125 Å². The van der Waals surface area contributed by atoms with Gasteiger partial charge in [-0.2, -0.15) is 0 Å². The van der Waals surface area contributed by atoms with Crippen molar-refractivity contribution in [3.63, 3.8) is 0 Å². The van der Waals surface area contributed by atoms with Crippen molar-refractivity contribution >= 4 is 73.3 Å². The van der Waals surface area contributed by atoms with Crippen molar-refractivity contribution in [1.29, 1.82) is 0 Å². The zero-order chi connectivity index (χ0) is 72.6. The molecule has 25 heteroatoms. The number of nitrogens with one attached hydrogen (secondary N) is 4. The molecule has 1 saturated heterocycles. The average molecular weight is 1330 g/mol. The molecule has 0 aliphatic carbocycles. The molecule has 11 amide bonds. The minimum atomic E-state index is -2.86. The van der Waals surface area contributed by atoms with Crippen molar-refractivity contribution in [3.05, 3.63) is 0 Å². The molecule has 0 radical (unpaired) electrons. The lowest BCUT2D eigenvalue weighted by molar-refractivity contribution is -0.157. The Labute approximate surface area is 560 Å². The Morgan fingerprint density at radius 1 is 0.430 bits per heavy atom. The van der Waals surface area contributed by atoms with Gasteiger partial charge in [0.2, 0.25) is 65.0 Å². The van der Waals surface area contributed by atoms with Crippen LogP contribution < -0.4 is 21.3 Å². The van der Waals surface area contributed by atoms with E-state index in [-0.39, 0.29) is 75.2 Å². The average Bonchev–Trinajstić information content (AvgIpc) is 0.797. The molecule has 24 nitrogen and oxygen atoms in total. The molecule has 0 aromatic carbocycles. The molecule has 0 bridgehead atoms. The summed E-state index contributed by atoms with van der Waals surface area (Å²) in [6.45, 7) is 40.0. The monoisotopic (exact) mass is 1330 g/mol. The standard InChI is InChI=1S/C68H127N11O13Si/c1-30-47-62(86)73(21)48(31-2)63(87)74(22)50(35-39(5)6)59(83)72-53(42(11)12)66(90)75(23)49(34-38(3)4)58(82)69-45(16)57(81)70-46(17)61(85)76(24)51(36-40(7)8)64(88)77(25)52(37-41(9)10)65(89)78(26)54(43(13)14)67(91)79(27)55(60(84)71-47)56(44(15)32-33-80)92-93(28,29)68(18,19)20/h38-56,80H,30-37H2,1-29H3,(H,69,82)(H,70,81)(H,71,84)(H,72,83)/t44-,45-,46-,47-,48-,49-,50+,51-,52-,53-,54-,55-,56+/m1/s1. The molecule has 1 aliphatic rings. The summed E-state index contributed by atoms with van der Waals surface area (Å²) in [4.78, 5) is 173. The Hall–Kier alpha value is -5.69. The molecule has 1 fully saturated rings. The van der Waals surface area contributed by atoms with Gasteiger partial charge in [0.1, 0.15) is 66.5 Å². The third-order valence-electron chi connectivity index (χ3n) is 18.8. The van der Waals surface area contributed by atoms with Crippen LogP contribution in [0.1, 0.15) is 183 Å². The van der Waals surface area contributed by atoms with Crippen LogP contribution >= 0.6 is 0 Å². The second kappa shape index (κ2) is 37.0. The normalized spacial score (nSPS) is 26.7. The molecule has 5 N–H and O–H groups in total. The van der Waals surface area contributed by atoms with E-state index in [4.69, 9.17) is 4.43 Å². The van der Waals surface area contributed by atoms with Gasteiger partial charge in [0.25, 0.3) is 0 Å². The van der Waals surface area contributed by atoms with E-state index in [0.717, 1.165) is 0 Å². The Morgan fingerprint density at radius 2 is 0.806 bits per heavy atom. The summed E-state index contributed by atoms with van der Waals surface area (Å²) in [6, 6.07) is -13.5. The molecule has 1 rings (SSSR count). The number of aliphatic hydroxyl groups excluding tert-OH is 1. The predicted octanol–water partition coefficient (Wildman–Crippen LogP) is 5.49. The van der Waals surface area contributed by atoms with Crippen molar-refractivity contribution < 1.29 is 62.3 Å². The summed E-state index contributed by atoms with van der Waals surface area (Å²) < 4.78 is 7.17. The highest BCUT2D eigenvalue weighted by Crippen LogP contribution is 2.40. The van der Waals surface area contributed by atoms with E-state index in [1.807, 2.05) is 96.2 Å². The third-order valence-corrected chi connectivity index (χ3v) is 23.3. The van der Waals surface area contributed by atoms with Crippen LogP contribution in [0.25, 0.3) is 0 Å². The fourth-order valence-electron chi connectivity index (χ4n) is 11.8. The lowest BCUT2D eigenvalue weighted by Crippen LogP contribution is -2.65. The highest BCUT2D eigenvalue weighted by Gasteiger charge is 2.50. The van der Waals surface area contributed by atoms with Gasteiger partial charge in [-0.15, -0.1) is 0 Å². The Bertz CT molecular complexity index is 2540. The van der Waals surface area contributed by atoms with Crippen LogP contribution in [0.4, 0.5) is 0 Å². The number of aliphatic hydroxyl groups is 1. The molecule has 0 aromatic rings. The maximum Gasteiger partial charge on any atom is 0.246 e. The highest BCUT2D eigenvalue weighted by molar-refractivity contribution is 6.74. The van der Waals surface area contributed by atoms with Crippen molar-refractivity contribution in [2.24, 2.45) is 41.4 Å². The molecule has 0 aromatic heterocycles. The van der Waals surface area contributed by atoms with Crippen molar-refractivity contribution in [2.45, 2.75) is 274 Å². The van der Waals surface area contributed by atoms with Gasteiger partial charge in [0.15, 0.2) is 8.32 Å². The van der Waals surface area contributed by atoms with Gasteiger partial charge in [-0.3, -0.25) is 52.7 Å². The molecule has 536 valence electrons. The third kappa shape index (κ3) is 23.0. The number of amides is 11. The largest absolute Gasteiger partial charge is 0.411 e. The maximum absolute atomic E-state index is 15.7. The van der Waals surface area contributed by atoms with E-state index in [1.54, 1.807) is 41.5 Å². The summed E-state index contributed by atoms with van der Waals surface area (Å²) in [5, 5.41) is 21.3. The molecule has 93 heavy (non-hydrogen) atoms. The summed E-state index contributed by atoms with van der Waals surface area (Å²) >= 11 is 0. The summed E-state index contributed by atoms with van der Waals surface area (Å²) in [6.07, 6.45) is -0.202. The smallest absolute Gasteiger partial charge is 0.246 e. The minimum Gasteiger partial charge on any atom is -0.411 e. The maximum atomic E-state index is 15.7. The van der Waals surface area contributed by atoms with Crippen molar-refractivity contribution in [1.82, 2.24) is 55.6 Å². The van der Waals surface area contributed by atoms with Crippen LogP contribution in [0, 0.1) is 41.4 Å². The molecule has 0 saturated carbocycles. The summed E-state index contributed by atoms with van der Waals surface area (Å²) in [7, 11) is 7.36. The minimum absolute atomic E-state index is 0.0290. The van der Waals surface area contributed by atoms with Crippen LogP contribution in [0.5, 0.6) is 0 Å². The second-order valence-electron chi connectivity index (χ2n) is 30.3. The molecular weight excluding hydrogens is 1210 g/mol. The van der Waals surface area contributed by atoms with Gasteiger partial charge in [-0.05, 0) is 118 Å². The quantitative estimate of drug-likeness (QED) is 0.106. The first-order valence-corrected chi connectivity index (χ1v) is 36.9. The summed E-state index contributed by atoms with van der Waals surface area (Å²) in [5.74, 6) is -9.44. The molecule has 1 heterocycles. The van der Waals surface area contributed by atoms with E-state index in [9.17, 15) is 33.9 Å². The molecule has 0 unspecified atom stereocenters. The van der Waals surface area contributed by atoms with Gasteiger partial charge in [-0.25, -0.2) is 0 Å². The Morgan fingerprint density at radius 3 is 1.22 bits per heavy atom. The molecule has 0 spiro atoms. The fourth-order valence-corrected chi connectivity index (χ4v) is 13.2. The van der Waals surface area contributed by atoms with Crippen LogP contribution in [0.15, 0.2) is 0 Å². The van der Waals surface area contributed by atoms with Crippen LogP contribution in [0.3, 0.4) is 0 Å². The SMILES string of the molecule is CC[C@@H]1C(=O)N(C)[C@@H](CC(C)C)C(=O)N[C@H](C(C)C)C(=O)N(C)[C@H](CC(C)C)C(=O)N[C@H](C)C(=O)N[C@H](C)C(=O)N(C)[C@H](CC(C)C)C(=O)N(C)[C@H](CC(C)C)C(=O)N(C)[C@H](C(C)C)C(=O)N(C)[C@H]([C@@H](O[Si](C)(C)C(C)(C)C)[C@H](C)CCO)C(=O)N[C@H](CC)C(=O)N1C. The number of rotatable bonds is 18. The van der Waals surface area contributed by atoms with Crippen LogP contribution in [-0.2, 0) is 57.2 Å². The fraction of sp³-hybridized carbons (Fsp3) is 0.838. The van der Waals surface area contributed by atoms with E-state index in [0.29, 0.717) is 0 Å². The first-order chi connectivity index (χ1) is 42.6. The number of hydrogen-bond acceptors (Lipinski definition) is 13. The molecule has 1 aliphatic heterocycles. The van der Waals surface area contributed by atoms with Gasteiger partial charge in [0.05, 0.1) is 6.10 Å². The zero-order valence-corrected chi connectivity index (χ0v) is 63.6. The number of carbonyl (C=O) groups is 11.